The normalized spacial score (nSPS) is 12.3. The zero-order chi connectivity index (χ0) is 17.1. The van der Waals surface area contributed by atoms with Crippen molar-refractivity contribution >= 4 is 5.97 Å². The lowest BCUT2D eigenvalue weighted by Gasteiger charge is -2.11. The molecule has 0 aliphatic heterocycles. The molecule has 23 heavy (non-hydrogen) atoms. The highest BCUT2D eigenvalue weighted by atomic mass is 16.5. The van der Waals surface area contributed by atoms with E-state index in [1.54, 1.807) is 13.0 Å². The number of benzene rings is 1. The summed E-state index contributed by atoms with van der Waals surface area (Å²) in [7, 11) is 0. The Morgan fingerprint density at radius 1 is 1.39 bits per heavy atom. The zero-order valence-corrected chi connectivity index (χ0v) is 13.6. The molecule has 0 aliphatic carbocycles. The molecule has 0 aromatic heterocycles. The summed E-state index contributed by atoms with van der Waals surface area (Å²) in [6.07, 6.45) is 7.50. The van der Waals surface area contributed by atoms with Gasteiger partial charge in [0.1, 0.15) is 12.4 Å². The van der Waals surface area contributed by atoms with Crippen LogP contribution in [0, 0.1) is 11.8 Å². The highest BCUT2D eigenvalue weighted by molar-refractivity contribution is 5.69. The first-order chi connectivity index (χ1) is 11.1. The van der Waals surface area contributed by atoms with Crippen LogP contribution < -0.4 is 4.74 Å². The van der Waals surface area contributed by atoms with Crippen molar-refractivity contribution in [1.82, 2.24) is 0 Å². The molecule has 0 radical (unpaired) electrons. The van der Waals surface area contributed by atoms with E-state index in [0.29, 0.717) is 6.61 Å². The van der Waals surface area contributed by atoms with Crippen molar-refractivity contribution in [3.05, 3.63) is 66.3 Å². The summed E-state index contributed by atoms with van der Waals surface area (Å²) in [6, 6.07) is 7.41. The lowest BCUT2D eigenvalue weighted by atomic mass is 9.96. The summed E-state index contributed by atoms with van der Waals surface area (Å²) in [6.45, 7) is 7.77. The average Bonchev–Trinajstić information content (AvgIpc) is 2.55. The maximum atomic E-state index is 10.9. The van der Waals surface area contributed by atoms with Crippen LogP contribution in [0.2, 0.25) is 0 Å². The van der Waals surface area contributed by atoms with Gasteiger partial charge >= 0.3 is 5.97 Å². The summed E-state index contributed by atoms with van der Waals surface area (Å²) in [4.78, 5) is 10.9. The van der Waals surface area contributed by atoms with Gasteiger partial charge in [-0.15, -0.1) is 5.92 Å². The van der Waals surface area contributed by atoms with E-state index in [4.69, 9.17) is 9.84 Å². The first-order valence-corrected chi connectivity index (χ1v) is 7.41. The second-order valence-electron chi connectivity index (χ2n) is 4.86. The molecule has 1 aromatic carbocycles. The monoisotopic (exact) mass is 310 g/mol. The first kappa shape index (κ1) is 18.3. The van der Waals surface area contributed by atoms with E-state index >= 15 is 0 Å². The smallest absolute Gasteiger partial charge is 0.304 e. The van der Waals surface area contributed by atoms with E-state index in [-0.39, 0.29) is 12.3 Å². The number of ether oxygens (including phenoxy) is 1. The van der Waals surface area contributed by atoms with Crippen LogP contribution in [0.15, 0.2) is 60.7 Å². The summed E-state index contributed by atoms with van der Waals surface area (Å²) < 4.78 is 5.73. The summed E-state index contributed by atoms with van der Waals surface area (Å²) in [5.74, 6) is 5.30. The minimum atomic E-state index is -0.857. The fourth-order valence-electron chi connectivity index (χ4n) is 1.98. The Hall–Kier alpha value is -2.73. The van der Waals surface area contributed by atoms with Crippen molar-refractivity contribution in [2.45, 2.75) is 26.2 Å². The quantitative estimate of drug-likeness (QED) is 0.574. The van der Waals surface area contributed by atoms with E-state index in [0.717, 1.165) is 16.9 Å². The fourth-order valence-corrected chi connectivity index (χ4v) is 1.98. The van der Waals surface area contributed by atoms with Gasteiger partial charge in [-0.2, -0.15) is 0 Å². The number of allylic oxidation sites excluding steroid dienone is 3. The third-order valence-electron chi connectivity index (χ3n) is 3.20. The van der Waals surface area contributed by atoms with Crippen molar-refractivity contribution in [1.29, 1.82) is 0 Å². The fraction of sp³-hybridized carbons (Fsp3) is 0.250. The highest BCUT2D eigenvalue weighted by Gasteiger charge is 2.13. The second kappa shape index (κ2) is 10.1. The number of carboxylic acid groups (broad SMARTS) is 1. The third kappa shape index (κ3) is 6.71. The average molecular weight is 310 g/mol. The molecule has 0 aliphatic rings. The van der Waals surface area contributed by atoms with E-state index in [1.165, 1.54) is 0 Å². The van der Waals surface area contributed by atoms with Crippen molar-refractivity contribution in [3.8, 4) is 17.6 Å². The Morgan fingerprint density at radius 2 is 2.09 bits per heavy atom. The largest absolute Gasteiger partial charge is 0.489 e. The number of carbonyl (C=O) groups is 1. The molecule has 0 saturated heterocycles. The lowest BCUT2D eigenvalue weighted by molar-refractivity contribution is -0.137. The number of rotatable bonds is 8. The second-order valence-corrected chi connectivity index (χ2v) is 4.86. The van der Waals surface area contributed by atoms with Crippen molar-refractivity contribution in [2.24, 2.45) is 0 Å². The minimum Gasteiger partial charge on any atom is -0.489 e. The number of hydrogen-bond donors (Lipinski definition) is 1. The Morgan fingerprint density at radius 3 is 2.61 bits per heavy atom. The first-order valence-electron chi connectivity index (χ1n) is 7.41. The number of hydrogen-bond acceptors (Lipinski definition) is 2. The molecule has 120 valence electrons. The molecule has 0 amide bonds. The molecule has 1 unspecified atom stereocenters. The van der Waals surface area contributed by atoms with Gasteiger partial charge in [0.15, 0.2) is 0 Å². The molecule has 0 saturated carbocycles. The van der Waals surface area contributed by atoms with Crippen LogP contribution in [0.4, 0.5) is 0 Å². The highest BCUT2D eigenvalue weighted by Crippen LogP contribution is 2.22. The van der Waals surface area contributed by atoms with E-state index in [1.807, 2.05) is 49.4 Å². The summed E-state index contributed by atoms with van der Waals surface area (Å²) in [5, 5.41) is 8.96. The molecule has 1 rings (SSSR count). The Bertz CT molecular complexity index is 640. The van der Waals surface area contributed by atoms with Gasteiger partial charge in [0.2, 0.25) is 0 Å². The topological polar surface area (TPSA) is 46.5 Å². The van der Waals surface area contributed by atoms with Crippen LogP contribution in [-0.4, -0.2) is 17.7 Å². The maximum Gasteiger partial charge on any atom is 0.304 e. The summed E-state index contributed by atoms with van der Waals surface area (Å²) in [5.41, 5.74) is 1.93. The molecule has 3 nitrogen and oxygen atoms in total. The summed E-state index contributed by atoms with van der Waals surface area (Å²) >= 11 is 0. The lowest BCUT2D eigenvalue weighted by Crippen LogP contribution is -2.05. The molecule has 0 fully saturated rings. The predicted octanol–water partition coefficient (Wildman–Crippen LogP) is 4.34. The SMILES string of the molecule is C=C/C=C\C(=C/C)COc1ccc(C(C#CC)CC(=O)O)cc1. The molecule has 3 heteroatoms. The molecular formula is C20H22O3. The standard InChI is InChI=1S/C20H22O3/c1-4-7-9-16(6-3)15-23-19-12-10-17(11-13-19)18(8-5-2)14-20(21)22/h4,6-7,9-13,18H,1,14-15H2,2-3H3,(H,21,22)/b9-7-,16-6+. The van der Waals surface area contributed by atoms with Crippen LogP contribution in [0.3, 0.4) is 0 Å². The molecule has 1 aromatic rings. The van der Waals surface area contributed by atoms with Gasteiger partial charge in [-0.1, -0.05) is 48.9 Å². The molecule has 0 heterocycles. The van der Waals surface area contributed by atoms with Gasteiger partial charge in [-0.3, -0.25) is 4.79 Å². The molecule has 0 bridgehead atoms. The van der Waals surface area contributed by atoms with Crippen LogP contribution in [0.5, 0.6) is 5.75 Å². The van der Waals surface area contributed by atoms with E-state index < -0.39 is 5.97 Å². The van der Waals surface area contributed by atoms with Gasteiger partial charge in [-0.05, 0) is 37.1 Å². The van der Waals surface area contributed by atoms with Gasteiger partial charge in [-0.25, -0.2) is 0 Å². The van der Waals surface area contributed by atoms with Gasteiger partial charge in [0.25, 0.3) is 0 Å². The number of carboxylic acids is 1. The van der Waals surface area contributed by atoms with Crippen LogP contribution in [0.1, 0.15) is 31.7 Å². The maximum absolute atomic E-state index is 10.9. The Balaban J connectivity index is 2.74. The minimum absolute atomic E-state index is 0.00386. The third-order valence-corrected chi connectivity index (χ3v) is 3.20. The van der Waals surface area contributed by atoms with Gasteiger partial charge < -0.3 is 9.84 Å². The Labute approximate surface area is 138 Å². The zero-order valence-electron chi connectivity index (χ0n) is 13.6. The van der Waals surface area contributed by atoms with E-state index in [2.05, 4.69) is 18.4 Å². The molecule has 0 spiro atoms. The van der Waals surface area contributed by atoms with Crippen LogP contribution in [0.25, 0.3) is 0 Å². The number of aliphatic carboxylic acids is 1. The van der Waals surface area contributed by atoms with Crippen molar-refractivity contribution < 1.29 is 14.6 Å². The van der Waals surface area contributed by atoms with Gasteiger partial charge in [0, 0.05) is 0 Å². The van der Waals surface area contributed by atoms with Gasteiger partial charge in [0.05, 0.1) is 12.3 Å². The molecule has 1 atom stereocenters. The van der Waals surface area contributed by atoms with E-state index in [9.17, 15) is 4.79 Å². The van der Waals surface area contributed by atoms with Crippen LogP contribution >= 0.6 is 0 Å². The molecular weight excluding hydrogens is 288 g/mol. The van der Waals surface area contributed by atoms with Crippen molar-refractivity contribution in [2.75, 3.05) is 6.61 Å². The van der Waals surface area contributed by atoms with Crippen molar-refractivity contribution in [3.63, 3.8) is 0 Å². The Kier molecular flexibility index (Phi) is 8.02. The molecule has 1 N–H and O–H groups in total. The van der Waals surface area contributed by atoms with Crippen LogP contribution in [-0.2, 0) is 4.79 Å². The predicted molar refractivity (Wildman–Crippen MR) is 93.5 cm³/mol.